The molecule has 0 fully saturated rings. The molecule has 1 N–H and O–H groups in total. The molecule has 17 heavy (non-hydrogen) atoms. The number of aromatic nitrogens is 3. The number of anilines is 1. The van der Waals surface area contributed by atoms with E-state index in [-0.39, 0.29) is 5.69 Å². The van der Waals surface area contributed by atoms with Crippen LogP contribution < -0.4 is 11.0 Å². The van der Waals surface area contributed by atoms with Crippen molar-refractivity contribution in [3.63, 3.8) is 0 Å². The molecule has 0 atom stereocenters. The topological polar surface area (TPSA) is 51.9 Å². The number of halogens is 1. The normalized spacial score (nSPS) is 10.5. The first-order valence-corrected chi connectivity index (χ1v) is 6.04. The van der Waals surface area contributed by atoms with Crippen molar-refractivity contribution in [3.8, 4) is 0 Å². The first kappa shape index (κ1) is 11.9. The van der Waals surface area contributed by atoms with Gasteiger partial charge < -0.3 is 5.32 Å². The van der Waals surface area contributed by atoms with Crippen LogP contribution in [0.25, 0.3) is 0 Å². The van der Waals surface area contributed by atoms with Crippen molar-refractivity contribution in [2.45, 2.75) is 6.54 Å². The van der Waals surface area contributed by atoms with Crippen LogP contribution in [0, 0.1) is 0 Å². The monoisotopic (exact) mass is 296 g/mol. The Labute approximate surface area is 107 Å². The van der Waals surface area contributed by atoms with Crippen LogP contribution in [0.2, 0.25) is 0 Å². The summed E-state index contributed by atoms with van der Waals surface area (Å²) in [6.07, 6.45) is 1.51. The molecule has 0 radical (unpaired) electrons. The summed E-state index contributed by atoms with van der Waals surface area (Å²) in [5.41, 5.74) is 0.912. The largest absolute Gasteiger partial charge is 0.382 e. The summed E-state index contributed by atoms with van der Waals surface area (Å²) < 4.78 is 3.90. The molecule has 5 nitrogen and oxygen atoms in total. The van der Waals surface area contributed by atoms with Crippen LogP contribution in [-0.2, 0) is 13.6 Å². The van der Waals surface area contributed by atoms with E-state index in [4.69, 9.17) is 0 Å². The Morgan fingerprint density at radius 3 is 2.82 bits per heavy atom. The van der Waals surface area contributed by atoms with Gasteiger partial charge in [-0.3, -0.25) is 4.57 Å². The number of para-hydroxylation sites is 1. The Hall–Kier alpha value is -1.56. The maximum Gasteiger partial charge on any atom is 0.345 e. The van der Waals surface area contributed by atoms with Gasteiger partial charge in [0.05, 0.1) is 6.54 Å². The molecule has 90 valence electrons. The maximum atomic E-state index is 11.5. The van der Waals surface area contributed by atoms with Crippen molar-refractivity contribution >= 4 is 21.6 Å². The quantitative estimate of drug-likeness (QED) is 0.929. The van der Waals surface area contributed by atoms with Crippen LogP contribution >= 0.6 is 15.9 Å². The van der Waals surface area contributed by atoms with Gasteiger partial charge in [-0.2, -0.15) is 5.10 Å². The molecule has 0 unspecified atom stereocenters. The highest BCUT2D eigenvalue weighted by molar-refractivity contribution is 9.10. The Morgan fingerprint density at radius 1 is 1.41 bits per heavy atom. The number of hydrogen-bond acceptors (Lipinski definition) is 3. The van der Waals surface area contributed by atoms with Gasteiger partial charge in [0.1, 0.15) is 6.33 Å². The van der Waals surface area contributed by atoms with E-state index >= 15 is 0 Å². The summed E-state index contributed by atoms with van der Waals surface area (Å²) in [5.74, 6) is 0. The number of aryl methyl sites for hydroxylation is 1. The number of benzene rings is 1. The average molecular weight is 297 g/mol. The Bertz CT molecular complexity index is 561. The molecule has 0 amide bonds. The smallest absolute Gasteiger partial charge is 0.345 e. The standard InChI is InChI=1S/C11H13BrN4O/c1-15-8-14-16(11(15)17)7-6-13-10-5-3-2-4-9(10)12/h2-5,8,13H,6-7H2,1H3. The van der Waals surface area contributed by atoms with E-state index in [1.165, 1.54) is 15.6 Å². The van der Waals surface area contributed by atoms with Gasteiger partial charge in [0.2, 0.25) is 0 Å². The molecular formula is C11H13BrN4O. The minimum Gasteiger partial charge on any atom is -0.382 e. The Balaban J connectivity index is 1.95. The summed E-state index contributed by atoms with van der Waals surface area (Å²) >= 11 is 3.45. The predicted octanol–water partition coefficient (Wildman–Crippen LogP) is 1.46. The van der Waals surface area contributed by atoms with Gasteiger partial charge in [-0.1, -0.05) is 12.1 Å². The van der Waals surface area contributed by atoms with Crippen LogP contribution in [0.3, 0.4) is 0 Å². The number of rotatable bonds is 4. The second-order valence-electron chi connectivity index (χ2n) is 3.65. The van der Waals surface area contributed by atoms with E-state index in [2.05, 4.69) is 26.3 Å². The highest BCUT2D eigenvalue weighted by Crippen LogP contribution is 2.20. The van der Waals surface area contributed by atoms with Crippen molar-refractivity contribution in [1.82, 2.24) is 14.3 Å². The zero-order valence-corrected chi connectivity index (χ0v) is 11.0. The van der Waals surface area contributed by atoms with E-state index < -0.39 is 0 Å². The number of nitrogens with one attached hydrogen (secondary N) is 1. The number of nitrogens with zero attached hydrogens (tertiary/aromatic N) is 3. The van der Waals surface area contributed by atoms with Crippen LogP contribution in [0.1, 0.15) is 0 Å². The van der Waals surface area contributed by atoms with E-state index in [0.717, 1.165) is 10.2 Å². The van der Waals surface area contributed by atoms with Gasteiger partial charge in [-0.15, -0.1) is 0 Å². The minimum absolute atomic E-state index is 0.0982. The fourth-order valence-electron chi connectivity index (χ4n) is 1.48. The maximum absolute atomic E-state index is 11.5. The van der Waals surface area contributed by atoms with Gasteiger partial charge in [0.15, 0.2) is 0 Å². The molecule has 0 aliphatic heterocycles. The third-order valence-corrected chi connectivity index (χ3v) is 3.09. The minimum atomic E-state index is -0.0982. The first-order chi connectivity index (χ1) is 8.18. The molecule has 1 aromatic carbocycles. The second-order valence-corrected chi connectivity index (χ2v) is 4.51. The van der Waals surface area contributed by atoms with Gasteiger partial charge in [-0.25, -0.2) is 9.48 Å². The molecule has 1 aromatic heterocycles. The molecule has 0 aliphatic rings. The van der Waals surface area contributed by atoms with E-state index in [1.54, 1.807) is 7.05 Å². The fourth-order valence-corrected chi connectivity index (χ4v) is 1.90. The average Bonchev–Trinajstić information content (AvgIpc) is 2.63. The summed E-state index contributed by atoms with van der Waals surface area (Å²) in [7, 11) is 1.69. The van der Waals surface area contributed by atoms with Gasteiger partial charge in [-0.05, 0) is 28.1 Å². The summed E-state index contributed by atoms with van der Waals surface area (Å²) in [6, 6.07) is 7.86. The first-order valence-electron chi connectivity index (χ1n) is 5.25. The van der Waals surface area contributed by atoms with Gasteiger partial charge in [0.25, 0.3) is 0 Å². The Kier molecular flexibility index (Phi) is 3.63. The van der Waals surface area contributed by atoms with Gasteiger partial charge in [0, 0.05) is 23.8 Å². The van der Waals surface area contributed by atoms with Crippen molar-refractivity contribution in [3.05, 3.63) is 45.5 Å². The summed E-state index contributed by atoms with van der Waals surface area (Å²) in [6.45, 7) is 1.19. The summed E-state index contributed by atoms with van der Waals surface area (Å²) in [5, 5.41) is 7.23. The zero-order valence-electron chi connectivity index (χ0n) is 9.43. The second kappa shape index (κ2) is 5.18. The van der Waals surface area contributed by atoms with Crippen LogP contribution in [0.5, 0.6) is 0 Å². The lowest BCUT2D eigenvalue weighted by atomic mass is 10.3. The SMILES string of the molecule is Cn1cnn(CCNc2ccccc2Br)c1=O. The molecule has 2 rings (SSSR count). The van der Waals surface area contributed by atoms with E-state index in [1.807, 2.05) is 24.3 Å². The Morgan fingerprint density at radius 2 is 2.18 bits per heavy atom. The molecule has 0 saturated carbocycles. The van der Waals surface area contributed by atoms with Crippen molar-refractivity contribution < 1.29 is 0 Å². The van der Waals surface area contributed by atoms with Crippen LogP contribution in [-0.4, -0.2) is 20.9 Å². The van der Waals surface area contributed by atoms with Crippen molar-refractivity contribution in [2.24, 2.45) is 7.05 Å². The lowest BCUT2D eigenvalue weighted by molar-refractivity contribution is 0.605. The third kappa shape index (κ3) is 2.76. The highest BCUT2D eigenvalue weighted by Gasteiger charge is 2.01. The lowest BCUT2D eigenvalue weighted by Gasteiger charge is -2.07. The van der Waals surface area contributed by atoms with E-state index in [0.29, 0.717) is 13.1 Å². The molecule has 0 aliphatic carbocycles. The molecule has 0 spiro atoms. The van der Waals surface area contributed by atoms with Crippen LogP contribution in [0.4, 0.5) is 5.69 Å². The molecule has 2 aromatic rings. The van der Waals surface area contributed by atoms with Gasteiger partial charge >= 0.3 is 5.69 Å². The van der Waals surface area contributed by atoms with Crippen molar-refractivity contribution in [1.29, 1.82) is 0 Å². The predicted molar refractivity (Wildman–Crippen MR) is 70.1 cm³/mol. The third-order valence-electron chi connectivity index (χ3n) is 2.40. The molecule has 0 bridgehead atoms. The van der Waals surface area contributed by atoms with E-state index in [9.17, 15) is 4.79 Å². The lowest BCUT2D eigenvalue weighted by Crippen LogP contribution is -2.25. The van der Waals surface area contributed by atoms with Crippen LogP contribution in [0.15, 0.2) is 39.9 Å². The molecular weight excluding hydrogens is 284 g/mol. The molecule has 1 heterocycles. The fraction of sp³-hybridized carbons (Fsp3) is 0.273. The number of hydrogen-bond donors (Lipinski definition) is 1. The summed E-state index contributed by atoms with van der Waals surface area (Å²) in [4.78, 5) is 11.5. The highest BCUT2D eigenvalue weighted by atomic mass is 79.9. The zero-order chi connectivity index (χ0) is 12.3. The molecule has 0 saturated heterocycles. The van der Waals surface area contributed by atoms with Crippen molar-refractivity contribution in [2.75, 3.05) is 11.9 Å². The molecule has 6 heteroatoms.